The van der Waals surface area contributed by atoms with Crippen LogP contribution in [0.2, 0.25) is 0 Å². The number of hydrogen-bond donors (Lipinski definition) is 0. The van der Waals surface area contributed by atoms with Gasteiger partial charge < -0.3 is 4.74 Å². The molecule has 1 fully saturated rings. The molecule has 0 aromatic carbocycles. The molecular weight excluding hydrogens is 204 g/mol. The second kappa shape index (κ2) is 5.15. The fraction of sp³-hybridized carbons (Fsp3) is 0.917. The van der Waals surface area contributed by atoms with Crippen molar-refractivity contribution >= 4 is 5.97 Å². The molecule has 1 rings (SSSR count). The van der Waals surface area contributed by atoms with E-state index in [-0.39, 0.29) is 17.4 Å². The number of carbonyl (C=O) groups excluding carboxylic acids is 1. The first-order valence-electron chi connectivity index (χ1n) is 5.88. The van der Waals surface area contributed by atoms with Gasteiger partial charge in [-0.25, -0.2) is 0 Å². The molecule has 4 nitrogen and oxygen atoms in total. The van der Waals surface area contributed by atoms with E-state index in [1.54, 1.807) is 0 Å². The lowest BCUT2D eigenvalue weighted by molar-refractivity contribution is -0.145. The molecule has 0 aromatic heterocycles. The van der Waals surface area contributed by atoms with Crippen LogP contribution in [0, 0.1) is 5.92 Å². The summed E-state index contributed by atoms with van der Waals surface area (Å²) in [7, 11) is 3.60. The van der Waals surface area contributed by atoms with Gasteiger partial charge in [0.05, 0.1) is 13.0 Å². The van der Waals surface area contributed by atoms with Crippen LogP contribution in [-0.4, -0.2) is 61.6 Å². The van der Waals surface area contributed by atoms with Crippen LogP contribution < -0.4 is 0 Å². The molecule has 0 aliphatic carbocycles. The van der Waals surface area contributed by atoms with Crippen molar-refractivity contribution in [3.8, 4) is 0 Å². The van der Waals surface area contributed by atoms with Crippen molar-refractivity contribution in [2.75, 3.05) is 40.3 Å². The third-order valence-electron chi connectivity index (χ3n) is 3.53. The lowest BCUT2D eigenvalue weighted by Gasteiger charge is -2.45. The smallest absolute Gasteiger partial charge is 0.309 e. The van der Waals surface area contributed by atoms with Gasteiger partial charge in [-0.05, 0) is 20.9 Å². The molecule has 94 valence electrons. The Morgan fingerprint density at radius 1 is 1.44 bits per heavy atom. The lowest BCUT2D eigenvalue weighted by Crippen LogP contribution is -2.58. The molecule has 1 aliphatic heterocycles. The average Bonchev–Trinajstić information content (AvgIpc) is 2.21. The molecule has 0 bridgehead atoms. The highest BCUT2D eigenvalue weighted by Crippen LogP contribution is 2.19. The molecule has 0 saturated carbocycles. The number of likely N-dealkylation sites (N-methyl/N-ethyl adjacent to an activating group) is 1. The van der Waals surface area contributed by atoms with Gasteiger partial charge in [-0.1, -0.05) is 6.92 Å². The standard InChI is InChI=1S/C12H24N2O2/c1-10(11(15)16-5)8-14-7-6-13(4)12(2,3)9-14/h10H,6-9H2,1-5H3. The Balaban J connectivity index is 2.48. The summed E-state index contributed by atoms with van der Waals surface area (Å²) in [5.41, 5.74) is 0.189. The van der Waals surface area contributed by atoms with Gasteiger partial charge in [0.15, 0.2) is 0 Å². The Labute approximate surface area is 98.5 Å². The predicted octanol–water partition coefficient (Wildman–Crippen LogP) is 0.821. The van der Waals surface area contributed by atoms with E-state index in [1.165, 1.54) is 7.11 Å². The summed E-state index contributed by atoms with van der Waals surface area (Å²) < 4.78 is 4.75. The van der Waals surface area contributed by atoms with Crippen molar-refractivity contribution in [1.82, 2.24) is 9.80 Å². The molecular formula is C12H24N2O2. The number of esters is 1. The van der Waals surface area contributed by atoms with Gasteiger partial charge in [-0.15, -0.1) is 0 Å². The number of nitrogens with zero attached hydrogens (tertiary/aromatic N) is 2. The fourth-order valence-electron chi connectivity index (χ4n) is 2.16. The SMILES string of the molecule is COC(=O)C(C)CN1CCN(C)C(C)(C)C1. The van der Waals surface area contributed by atoms with Gasteiger partial charge in [0, 0.05) is 31.7 Å². The van der Waals surface area contributed by atoms with Gasteiger partial charge in [0.2, 0.25) is 0 Å². The Morgan fingerprint density at radius 3 is 2.56 bits per heavy atom. The molecule has 1 atom stereocenters. The topological polar surface area (TPSA) is 32.8 Å². The van der Waals surface area contributed by atoms with Gasteiger partial charge in [-0.3, -0.25) is 14.6 Å². The van der Waals surface area contributed by atoms with E-state index in [1.807, 2.05) is 6.92 Å². The van der Waals surface area contributed by atoms with E-state index in [0.29, 0.717) is 0 Å². The number of hydrogen-bond acceptors (Lipinski definition) is 4. The monoisotopic (exact) mass is 228 g/mol. The maximum absolute atomic E-state index is 11.4. The molecule has 0 radical (unpaired) electrons. The minimum Gasteiger partial charge on any atom is -0.469 e. The number of ether oxygens (including phenoxy) is 1. The van der Waals surface area contributed by atoms with Crippen molar-refractivity contribution in [3.05, 3.63) is 0 Å². The van der Waals surface area contributed by atoms with Crippen molar-refractivity contribution in [2.45, 2.75) is 26.3 Å². The first kappa shape index (κ1) is 13.5. The van der Waals surface area contributed by atoms with Crippen LogP contribution in [0.3, 0.4) is 0 Å². The molecule has 0 N–H and O–H groups in total. The minimum absolute atomic E-state index is 0.0378. The van der Waals surface area contributed by atoms with Crippen LogP contribution in [0.1, 0.15) is 20.8 Å². The Morgan fingerprint density at radius 2 is 2.06 bits per heavy atom. The maximum atomic E-state index is 11.4. The summed E-state index contributed by atoms with van der Waals surface area (Å²) in [6.45, 7) is 10.3. The van der Waals surface area contributed by atoms with Crippen LogP contribution in [0.4, 0.5) is 0 Å². The summed E-state index contributed by atoms with van der Waals surface area (Å²) in [6, 6.07) is 0. The van der Waals surface area contributed by atoms with E-state index >= 15 is 0 Å². The van der Waals surface area contributed by atoms with Crippen molar-refractivity contribution in [1.29, 1.82) is 0 Å². The van der Waals surface area contributed by atoms with Crippen molar-refractivity contribution in [2.24, 2.45) is 5.92 Å². The molecule has 1 aliphatic rings. The Bertz CT molecular complexity index is 253. The highest BCUT2D eigenvalue weighted by molar-refractivity contribution is 5.72. The van der Waals surface area contributed by atoms with Crippen LogP contribution in [-0.2, 0) is 9.53 Å². The maximum Gasteiger partial charge on any atom is 0.309 e. The average molecular weight is 228 g/mol. The first-order chi connectivity index (χ1) is 7.36. The van der Waals surface area contributed by atoms with Gasteiger partial charge in [0.1, 0.15) is 0 Å². The molecule has 0 aromatic rings. The van der Waals surface area contributed by atoms with Crippen molar-refractivity contribution in [3.63, 3.8) is 0 Å². The van der Waals surface area contributed by atoms with Crippen LogP contribution >= 0.6 is 0 Å². The molecule has 1 saturated heterocycles. The number of piperazine rings is 1. The van der Waals surface area contributed by atoms with Gasteiger partial charge >= 0.3 is 5.97 Å². The zero-order valence-electron chi connectivity index (χ0n) is 11.1. The molecule has 1 heterocycles. The molecule has 4 heteroatoms. The van der Waals surface area contributed by atoms with Gasteiger partial charge in [-0.2, -0.15) is 0 Å². The highest BCUT2D eigenvalue weighted by Gasteiger charge is 2.32. The second-order valence-corrected chi connectivity index (χ2v) is 5.39. The number of carbonyl (C=O) groups is 1. The Hall–Kier alpha value is -0.610. The molecule has 16 heavy (non-hydrogen) atoms. The first-order valence-corrected chi connectivity index (χ1v) is 5.88. The second-order valence-electron chi connectivity index (χ2n) is 5.39. The normalized spacial score (nSPS) is 24.1. The van der Waals surface area contributed by atoms with Crippen LogP contribution in [0.5, 0.6) is 0 Å². The summed E-state index contributed by atoms with van der Waals surface area (Å²) in [4.78, 5) is 16.1. The largest absolute Gasteiger partial charge is 0.469 e. The van der Waals surface area contributed by atoms with E-state index in [4.69, 9.17) is 4.74 Å². The summed E-state index contributed by atoms with van der Waals surface area (Å²) >= 11 is 0. The minimum atomic E-state index is -0.114. The highest BCUT2D eigenvalue weighted by atomic mass is 16.5. The number of rotatable bonds is 3. The summed E-state index contributed by atoms with van der Waals surface area (Å²) in [6.07, 6.45) is 0. The summed E-state index contributed by atoms with van der Waals surface area (Å²) in [5, 5.41) is 0. The quantitative estimate of drug-likeness (QED) is 0.670. The zero-order valence-corrected chi connectivity index (χ0v) is 11.1. The molecule has 1 unspecified atom stereocenters. The van der Waals surface area contributed by atoms with E-state index in [2.05, 4.69) is 30.7 Å². The number of methoxy groups -OCH3 is 1. The van der Waals surface area contributed by atoms with Crippen molar-refractivity contribution < 1.29 is 9.53 Å². The molecule has 0 spiro atoms. The van der Waals surface area contributed by atoms with E-state index < -0.39 is 0 Å². The third kappa shape index (κ3) is 3.19. The van der Waals surface area contributed by atoms with E-state index in [9.17, 15) is 4.79 Å². The van der Waals surface area contributed by atoms with E-state index in [0.717, 1.165) is 26.2 Å². The molecule has 0 amide bonds. The van der Waals surface area contributed by atoms with Crippen LogP contribution in [0.25, 0.3) is 0 Å². The Kier molecular flexibility index (Phi) is 4.33. The summed E-state index contributed by atoms with van der Waals surface area (Å²) in [5.74, 6) is -0.152. The van der Waals surface area contributed by atoms with Gasteiger partial charge in [0.25, 0.3) is 0 Å². The zero-order chi connectivity index (χ0) is 12.3. The fourth-order valence-corrected chi connectivity index (χ4v) is 2.16. The lowest BCUT2D eigenvalue weighted by atomic mass is 9.99. The third-order valence-corrected chi connectivity index (χ3v) is 3.53. The van der Waals surface area contributed by atoms with Crippen LogP contribution in [0.15, 0.2) is 0 Å². The predicted molar refractivity (Wildman–Crippen MR) is 64.3 cm³/mol.